The Kier molecular flexibility index (Phi) is 6.81. The summed E-state index contributed by atoms with van der Waals surface area (Å²) in [6.45, 7) is 2.80. The Morgan fingerprint density at radius 1 is 1.03 bits per heavy atom. The molecule has 32 heavy (non-hydrogen) atoms. The van der Waals surface area contributed by atoms with Crippen LogP contribution in [-0.4, -0.2) is 25.8 Å². The molecule has 0 unspecified atom stereocenters. The maximum Gasteiger partial charge on any atom is 0.274 e. The number of carbonyl (C=O) groups is 1. The fraction of sp³-hybridized carbons (Fsp3) is 0.136. The first-order valence-electron chi connectivity index (χ1n) is 9.48. The Hall–Kier alpha value is -3.43. The van der Waals surface area contributed by atoms with Crippen LogP contribution in [0.3, 0.4) is 0 Å². The van der Waals surface area contributed by atoms with E-state index in [-0.39, 0.29) is 27.5 Å². The summed E-state index contributed by atoms with van der Waals surface area (Å²) in [5.41, 5.74) is 1.49. The largest absolute Gasteiger partial charge is 0.324 e. The highest BCUT2D eigenvalue weighted by Crippen LogP contribution is 2.27. The number of hydrogen-bond donors (Lipinski definition) is 1. The van der Waals surface area contributed by atoms with Gasteiger partial charge in [0.2, 0.25) is 5.91 Å². The van der Waals surface area contributed by atoms with Gasteiger partial charge in [-0.05, 0) is 56.3 Å². The van der Waals surface area contributed by atoms with Gasteiger partial charge in [0.05, 0.1) is 26.8 Å². The molecule has 3 aromatic rings. The van der Waals surface area contributed by atoms with Crippen molar-refractivity contribution >= 4 is 44.6 Å². The molecule has 0 aromatic heterocycles. The van der Waals surface area contributed by atoms with E-state index in [9.17, 15) is 23.3 Å². The molecular weight excluding hydrogens is 454 g/mol. The molecule has 0 saturated carbocycles. The van der Waals surface area contributed by atoms with E-state index < -0.39 is 27.4 Å². The molecule has 0 aliphatic carbocycles. The third-order valence-electron chi connectivity index (χ3n) is 4.79. The summed E-state index contributed by atoms with van der Waals surface area (Å²) in [6.07, 6.45) is 0. The van der Waals surface area contributed by atoms with E-state index in [1.807, 2.05) is 6.92 Å². The maximum atomic E-state index is 13.4. The summed E-state index contributed by atoms with van der Waals surface area (Å²) in [5, 5.41) is 14.1. The Bertz CT molecular complexity index is 1260. The zero-order valence-corrected chi connectivity index (χ0v) is 18.9. The molecule has 0 aliphatic heterocycles. The van der Waals surface area contributed by atoms with Crippen molar-refractivity contribution in [1.82, 2.24) is 0 Å². The van der Waals surface area contributed by atoms with E-state index in [1.165, 1.54) is 61.5 Å². The van der Waals surface area contributed by atoms with Crippen LogP contribution in [-0.2, 0) is 14.8 Å². The number of anilines is 2. The third kappa shape index (κ3) is 5.06. The van der Waals surface area contributed by atoms with Crippen LogP contribution in [0.1, 0.15) is 11.1 Å². The van der Waals surface area contributed by atoms with Crippen molar-refractivity contribution in [2.24, 2.45) is 0 Å². The number of amides is 1. The van der Waals surface area contributed by atoms with Gasteiger partial charge in [-0.2, -0.15) is 0 Å². The van der Waals surface area contributed by atoms with Gasteiger partial charge >= 0.3 is 0 Å². The van der Waals surface area contributed by atoms with Gasteiger partial charge in [-0.3, -0.25) is 19.2 Å². The number of rotatable bonds is 7. The van der Waals surface area contributed by atoms with Gasteiger partial charge in [0.15, 0.2) is 0 Å². The number of halogens is 1. The molecule has 0 fully saturated rings. The van der Waals surface area contributed by atoms with Gasteiger partial charge in [0, 0.05) is 11.1 Å². The first kappa shape index (κ1) is 23.2. The number of nitrogens with zero attached hydrogens (tertiary/aromatic N) is 2. The lowest BCUT2D eigenvalue weighted by atomic mass is 10.1. The number of carbonyl (C=O) groups excluding carboxylic acids is 1. The summed E-state index contributed by atoms with van der Waals surface area (Å²) in [5.74, 6) is -0.653. The number of benzene rings is 3. The van der Waals surface area contributed by atoms with Crippen molar-refractivity contribution < 1.29 is 18.1 Å². The Balaban J connectivity index is 1.95. The molecule has 0 spiro atoms. The molecule has 0 radical (unpaired) electrons. The Morgan fingerprint density at radius 3 is 2.25 bits per heavy atom. The lowest BCUT2D eigenvalue weighted by Gasteiger charge is -2.24. The number of nitrogens with one attached hydrogen (secondary N) is 1. The van der Waals surface area contributed by atoms with E-state index in [0.717, 1.165) is 9.87 Å². The van der Waals surface area contributed by atoms with Crippen LogP contribution < -0.4 is 9.62 Å². The molecule has 0 heterocycles. The molecule has 10 heteroatoms. The van der Waals surface area contributed by atoms with E-state index >= 15 is 0 Å². The highest BCUT2D eigenvalue weighted by molar-refractivity contribution is 7.92. The number of hydrogen-bond acceptors (Lipinski definition) is 5. The van der Waals surface area contributed by atoms with Crippen molar-refractivity contribution in [3.8, 4) is 0 Å². The summed E-state index contributed by atoms with van der Waals surface area (Å²) in [6, 6.07) is 16.6. The minimum atomic E-state index is -4.08. The highest BCUT2D eigenvalue weighted by Gasteiger charge is 2.27. The lowest BCUT2D eigenvalue weighted by Crippen LogP contribution is -2.38. The zero-order chi connectivity index (χ0) is 23.5. The van der Waals surface area contributed by atoms with E-state index in [4.69, 9.17) is 11.6 Å². The molecular formula is C22H20ClN3O5S. The number of sulfonamides is 1. The van der Waals surface area contributed by atoms with Gasteiger partial charge in [-0.25, -0.2) is 8.42 Å². The smallest absolute Gasteiger partial charge is 0.274 e. The molecule has 0 atom stereocenters. The molecule has 0 bridgehead atoms. The molecule has 8 nitrogen and oxygen atoms in total. The molecule has 0 saturated heterocycles. The molecule has 3 aromatic carbocycles. The SMILES string of the molecule is Cc1ccc(S(=O)(=O)N(CC(=O)Nc2cccc([N+](=O)[O-])c2C)c2ccc(Cl)cc2)cc1. The fourth-order valence-electron chi connectivity index (χ4n) is 3.04. The second kappa shape index (κ2) is 9.37. The maximum absolute atomic E-state index is 13.4. The minimum absolute atomic E-state index is 0.0254. The normalized spacial score (nSPS) is 11.1. The monoisotopic (exact) mass is 473 g/mol. The van der Waals surface area contributed by atoms with Crippen molar-refractivity contribution in [2.75, 3.05) is 16.2 Å². The third-order valence-corrected chi connectivity index (χ3v) is 6.83. The predicted octanol–water partition coefficient (Wildman–Crippen LogP) is 4.70. The summed E-state index contributed by atoms with van der Waals surface area (Å²) >= 11 is 5.93. The number of nitro groups is 1. The molecule has 0 aliphatic rings. The van der Waals surface area contributed by atoms with Crippen LogP contribution in [0.4, 0.5) is 17.1 Å². The Labute approximate surface area is 190 Å². The molecule has 166 valence electrons. The van der Waals surface area contributed by atoms with Crippen LogP contribution in [0.5, 0.6) is 0 Å². The van der Waals surface area contributed by atoms with Crippen molar-refractivity contribution in [3.05, 3.63) is 93.0 Å². The van der Waals surface area contributed by atoms with Crippen LogP contribution in [0.2, 0.25) is 5.02 Å². The lowest BCUT2D eigenvalue weighted by molar-refractivity contribution is -0.385. The summed E-state index contributed by atoms with van der Waals surface area (Å²) in [4.78, 5) is 23.4. The molecule has 1 N–H and O–H groups in total. The molecule has 3 rings (SSSR count). The average molecular weight is 474 g/mol. The quantitative estimate of drug-likeness (QED) is 0.395. The van der Waals surface area contributed by atoms with Crippen LogP contribution in [0.25, 0.3) is 0 Å². The van der Waals surface area contributed by atoms with Gasteiger partial charge in [0.1, 0.15) is 6.54 Å². The van der Waals surface area contributed by atoms with Crippen molar-refractivity contribution in [2.45, 2.75) is 18.7 Å². The van der Waals surface area contributed by atoms with Crippen molar-refractivity contribution in [1.29, 1.82) is 0 Å². The average Bonchev–Trinajstić information content (AvgIpc) is 2.74. The Morgan fingerprint density at radius 2 is 1.66 bits per heavy atom. The summed E-state index contributed by atoms with van der Waals surface area (Å²) in [7, 11) is -4.08. The van der Waals surface area contributed by atoms with Gasteiger partial charge in [-0.15, -0.1) is 0 Å². The number of nitro benzene ring substituents is 1. The minimum Gasteiger partial charge on any atom is -0.324 e. The van der Waals surface area contributed by atoms with E-state index in [0.29, 0.717) is 5.02 Å². The van der Waals surface area contributed by atoms with Crippen LogP contribution >= 0.6 is 11.6 Å². The zero-order valence-electron chi connectivity index (χ0n) is 17.3. The van der Waals surface area contributed by atoms with Gasteiger partial charge in [-0.1, -0.05) is 35.4 Å². The number of aryl methyl sites for hydroxylation is 1. The van der Waals surface area contributed by atoms with Crippen LogP contribution in [0.15, 0.2) is 71.6 Å². The second-order valence-electron chi connectivity index (χ2n) is 7.06. The van der Waals surface area contributed by atoms with Crippen LogP contribution in [0, 0.1) is 24.0 Å². The predicted molar refractivity (Wildman–Crippen MR) is 124 cm³/mol. The molecule has 1 amide bonds. The van der Waals surface area contributed by atoms with Gasteiger partial charge < -0.3 is 5.32 Å². The second-order valence-corrected chi connectivity index (χ2v) is 9.35. The summed E-state index contributed by atoms with van der Waals surface area (Å²) < 4.78 is 27.7. The first-order valence-corrected chi connectivity index (χ1v) is 11.3. The first-order chi connectivity index (χ1) is 15.1. The van der Waals surface area contributed by atoms with Gasteiger partial charge in [0.25, 0.3) is 15.7 Å². The standard InChI is InChI=1S/C22H20ClN3O5S/c1-15-6-12-19(13-7-15)32(30,31)25(18-10-8-17(23)9-11-18)14-22(27)24-20-4-3-5-21(16(20)2)26(28)29/h3-13H,14H2,1-2H3,(H,24,27). The van der Waals surface area contributed by atoms with Crippen molar-refractivity contribution in [3.63, 3.8) is 0 Å². The fourth-order valence-corrected chi connectivity index (χ4v) is 4.58. The van der Waals surface area contributed by atoms with E-state index in [2.05, 4.69) is 5.32 Å². The highest BCUT2D eigenvalue weighted by atomic mass is 35.5. The topological polar surface area (TPSA) is 110 Å². The van der Waals surface area contributed by atoms with E-state index in [1.54, 1.807) is 12.1 Å².